The summed E-state index contributed by atoms with van der Waals surface area (Å²) < 4.78 is 0. The summed E-state index contributed by atoms with van der Waals surface area (Å²) in [6.07, 6.45) is 1.71. The Bertz CT molecular complexity index is 255. The topological polar surface area (TPSA) is 54.1 Å². The smallest absolute Gasteiger partial charge is 0.291 e. The van der Waals surface area contributed by atoms with Gasteiger partial charge < -0.3 is 4.98 Å². The minimum absolute atomic E-state index is 0.255. The first-order valence-electron chi connectivity index (χ1n) is 3.23. The molecule has 0 saturated carbocycles. The molecular formula is C7H10N2O2. The van der Waals surface area contributed by atoms with Crippen LogP contribution in [0.4, 0.5) is 0 Å². The highest BCUT2D eigenvalue weighted by molar-refractivity contribution is 5.92. The molecule has 0 aromatic carbocycles. The van der Waals surface area contributed by atoms with Gasteiger partial charge in [0.2, 0.25) is 0 Å². The Kier molecular flexibility index (Phi) is 2.28. The number of carbonyl (C=O) groups excluding carboxylic acids is 1. The van der Waals surface area contributed by atoms with Gasteiger partial charge in [0.15, 0.2) is 0 Å². The van der Waals surface area contributed by atoms with E-state index in [2.05, 4.69) is 15.3 Å². The normalized spacial score (nSPS) is 9.64. The summed E-state index contributed by atoms with van der Waals surface area (Å²) in [7, 11) is 1.40. The first kappa shape index (κ1) is 7.81. The molecule has 0 unspecified atom stereocenters. The number of H-pyrrole nitrogens is 1. The molecule has 0 spiro atoms. The molecule has 0 radical (unpaired) electrons. The average molecular weight is 154 g/mol. The third kappa shape index (κ3) is 1.59. The Morgan fingerprint density at radius 3 is 2.91 bits per heavy atom. The van der Waals surface area contributed by atoms with Crippen molar-refractivity contribution in [1.82, 2.24) is 10.5 Å². The molecule has 0 fully saturated rings. The molecule has 1 heterocycles. The second-order valence-electron chi connectivity index (χ2n) is 2.17. The molecule has 0 aliphatic carbocycles. The Labute approximate surface area is 64.5 Å². The van der Waals surface area contributed by atoms with Gasteiger partial charge in [-0.3, -0.25) is 9.63 Å². The largest absolute Gasteiger partial charge is 0.357 e. The molecule has 0 saturated heterocycles. The molecule has 0 atom stereocenters. The van der Waals surface area contributed by atoms with Crippen LogP contribution in [0.15, 0.2) is 12.3 Å². The highest BCUT2D eigenvalue weighted by Gasteiger charge is 2.07. The lowest BCUT2D eigenvalue weighted by molar-refractivity contribution is 0.0532. The fourth-order valence-electron chi connectivity index (χ4n) is 0.836. The van der Waals surface area contributed by atoms with E-state index in [1.54, 1.807) is 6.20 Å². The monoisotopic (exact) mass is 154 g/mol. The van der Waals surface area contributed by atoms with Crippen LogP contribution in [0.5, 0.6) is 0 Å². The first-order valence-corrected chi connectivity index (χ1v) is 3.23. The molecule has 11 heavy (non-hydrogen) atoms. The van der Waals surface area contributed by atoms with E-state index in [1.807, 2.05) is 13.0 Å². The number of carbonyl (C=O) groups is 1. The second-order valence-corrected chi connectivity index (χ2v) is 2.17. The van der Waals surface area contributed by atoms with Gasteiger partial charge in [-0.1, -0.05) is 0 Å². The van der Waals surface area contributed by atoms with E-state index in [0.29, 0.717) is 5.69 Å². The lowest BCUT2D eigenvalue weighted by Crippen LogP contribution is -2.22. The van der Waals surface area contributed by atoms with Crippen molar-refractivity contribution in [3.8, 4) is 0 Å². The minimum atomic E-state index is -0.255. The Morgan fingerprint density at radius 1 is 1.73 bits per heavy atom. The second kappa shape index (κ2) is 3.21. The van der Waals surface area contributed by atoms with Crippen molar-refractivity contribution >= 4 is 5.91 Å². The van der Waals surface area contributed by atoms with Gasteiger partial charge in [-0.25, -0.2) is 5.48 Å². The lowest BCUT2D eigenvalue weighted by Gasteiger charge is -1.99. The maximum atomic E-state index is 11.1. The zero-order valence-electron chi connectivity index (χ0n) is 6.47. The van der Waals surface area contributed by atoms with E-state index < -0.39 is 0 Å². The van der Waals surface area contributed by atoms with Crippen LogP contribution in [0, 0.1) is 6.92 Å². The fourth-order valence-corrected chi connectivity index (χ4v) is 0.836. The van der Waals surface area contributed by atoms with E-state index in [1.165, 1.54) is 7.11 Å². The third-order valence-electron chi connectivity index (χ3n) is 1.38. The molecule has 1 amide bonds. The Morgan fingerprint density at radius 2 is 2.45 bits per heavy atom. The zero-order chi connectivity index (χ0) is 8.27. The van der Waals surface area contributed by atoms with Crippen molar-refractivity contribution in [1.29, 1.82) is 0 Å². The van der Waals surface area contributed by atoms with Crippen LogP contribution in [0.1, 0.15) is 16.1 Å². The van der Waals surface area contributed by atoms with Crippen molar-refractivity contribution in [3.05, 3.63) is 23.5 Å². The predicted molar refractivity (Wildman–Crippen MR) is 40.0 cm³/mol. The van der Waals surface area contributed by atoms with Crippen LogP contribution in [0.3, 0.4) is 0 Å². The van der Waals surface area contributed by atoms with Crippen LogP contribution < -0.4 is 5.48 Å². The van der Waals surface area contributed by atoms with E-state index >= 15 is 0 Å². The van der Waals surface area contributed by atoms with Gasteiger partial charge in [-0.2, -0.15) is 0 Å². The summed E-state index contributed by atoms with van der Waals surface area (Å²) in [5.74, 6) is -0.255. The number of nitrogens with one attached hydrogen (secondary N) is 2. The van der Waals surface area contributed by atoms with E-state index in [0.717, 1.165) is 5.56 Å². The SMILES string of the molecule is CONC(=O)c1[nH]ccc1C. The maximum absolute atomic E-state index is 11.1. The summed E-state index contributed by atoms with van der Waals surface area (Å²) >= 11 is 0. The summed E-state index contributed by atoms with van der Waals surface area (Å²) in [6.45, 7) is 1.85. The van der Waals surface area contributed by atoms with Gasteiger partial charge >= 0.3 is 0 Å². The van der Waals surface area contributed by atoms with Crippen molar-refractivity contribution in [2.45, 2.75) is 6.92 Å². The summed E-state index contributed by atoms with van der Waals surface area (Å²) in [6, 6.07) is 1.82. The highest BCUT2D eigenvalue weighted by atomic mass is 16.6. The van der Waals surface area contributed by atoms with Crippen LogP contribution in [0.25, 0.3) is 0 Å². The zero-order valence-corrected chi connectivity index (χ0v) is 6.47. The van der Waals surface area contributed by atoms with E-state index in [9.17, 15) is 4.79 Å². The average Bonchev–Trinajstić information content (AvgIpc) is 2.36. The molecule has 0 bridgehead atoms. The highest BCUT2D eigenvalue weighted by Crippen LogP contribution is 2.03. The van der Waals surface area contributed by atoms with Gasteiger partial charge in [0.25, 0.3) is 5.91 Å². The van der Waals surface area contributed by atoms with Crippen molar-refractivity contribution in [2.75, 3.05) is 7.11 Å². The summed E-state index contributed by atoms with van der Waals surface area (Å²) in [5, 5.41) is 0. The number of aromatic amines is 1. The standard InChI is InChI=1S/C7H10N2O2/c1-5-3-4-8-6(5)7(10)9-11-2/h3-4,8H,1-2H3,(H,9,10). The number of rotatable bonds is 2. The van der Waals surface area contributed by atoms with Gasteiger partial charge in [-0.15, -0.1) is 0 Å². The molecule has 0 aliphatic heterocycles. The van der Waals surface area contributed by atoms with Crippen molar-refractivity contribution in [3.63, 3.8) is 0 Å². The number of hydrogen-bond acceptors (Lipinski definition) is 2. The third-order valence-corrected chi connectivity index (χ3v) is 1.38. The summed E-state index contributed by atoms with van der Waals surface area (Å²) in [5.41, 5.74) is 3.66. The van der Waals surface area contributed by atoms with Crippen molar-refractivity contribution in [2.24, 2.45) is 0 Å². The Hall–Kier alpha value is -1.29. The maximum Gasteiger partial charge on any atom is 0.291 e. The number of aryl methyl sites for hydroxylation is 1. The molecule has 4 nitrogen and oxygen atoms in total. The fraction of sp³-hybridized carbons (Fsp3) is 0.286. The molecule has 60 valence electrons. The van der Waals surface area contributed by atoms with Gasteiger partial charge in [0.1, 0.15) is 5.69 Å². The van der Waals surface area contributed by atoms with Crippen molar-refractivity contribution < 1.29 is 9.63 Å². The summed E-state index contributed by atoms with van der Waals surface area (Å²) in [4.78, 5) is 18.3. The van der Waals surface area contributed by atoms with Crippen LogP contribution in [-0.2, 0) is 4.84 Å². The molecule has 0 aliphatic rings. The van der Waals surface area contributed by atoms with E-state index in [4.69, 9.17) is 0 Å². The van der Waals surface area contributed by atoms with E-state index in [-0.39, 0.29) is 5.91 Å². The number of aromatic nitrogens is 1. The van der Waals surface area contributed by atoms with Crippen LogP contribution >= 0.6 is 0 Å². The quantitative estimate of drug-likeness (QED) is 0.613. The predicted octanol–water partition coefficient (Wildman–Crippen LogP) is 0.614. The Balaban J connectivity index is 2.76. The number of hydrogen-bond donors (Lipinski definition) is 2. The van der Waals surface area contributed by atoms with Crippen LogP contribution in [-0.4, -0.2) is 18.0 Å². The molecule has 1 rings (SSSR count). The van der Waals surface area contributed by atoms with Gasteiger partial charge in [0, 0.05) is 6.20 Å². The number of hydroxylamine groups is 1. The molecular weight excluding hydrogens is 144 g/mol. The first-order chi connectivity index (χ1) is 5.25. The lowest BCUT2D eigenvalue weighted by atomic mass is 10.3. The molecule has 2 N–H and O–H groups in total. The minimum Gasteiger partial charge on any atom is -0.357 e. The van der Waals surface area contributed by atoms with Gasteiger partial charge in [-0.05, 0) is 18.6 Å². The molecule has 1 aromatic rings. The molecule has 1 aromatic heterocycles. The molecule has 4 heteroatoms. The van der Waals surface area contributed by atoms with Crippen LogP contribution in [0.2, 0.25) is 0 Å². The number of amides is 1. The van der Waals surface area contributed by atoms with Gasteiger partial charge in [0.05, 0.1) is 7.11 Å².